The summed E-state index contributed by atoms with van der Waals surface area (Å²) in [5, 5.41) is 1.04. The Balaban J connectivity index is 2.50. The van der Waals surface area contributed by atoms with Crippen LogP contribution in [0.3, 0.4) is 0 Å². The Bertz CT molecular complexity index is 488. The highest BCUT2D eigenvalue weighted by Crippen LogP contribution is 2.24. The van der Waals surface area contributed by atoms with Crippen molar-refractivity contribution in [2.45, 2.75) is 19.4 Å². The van der Waals surface area contributed by atoms with Crippen molar-refractivity contribution in [3.8, 4) is 0 Å². The molecule has 15 heavy (non-hydrogen) atoms. The van der Waals surface area contributed by atoms with Crippen molar-refractivity contribution in [3.63, 3.8) is 0 Å². The SMILES string of the molecule is CC(F)(F)Cn1ccc2c(Cl)nccc21. The van der Waals surface area contributed by atoms with Gasteiger partial charge < -0.3 is 4.57 Å². The lowest BCUT2D eigenvalue weighted by Gasteiger charge is -2.12. The third-order valence-electron chi connectivity index (χ3n) is 2.10. The van der Waals surface area contributed by atoms with E-state index in [1.165, 1.54) is 10.8 Å². The number of alkyl halides is 2. The minimum atomic E-state index is -2.73. The van der Waals surface area contributed by atoms with Gasteiger partial charge in [-0.2, -0.15) is 0 Å². The topological polar surface area (TPSA) is 17.8 Å². The normalized spacial score (nSPS) is 12.3. The molecular formula is C10H9ClF2N2. The van der Waals surface area contributed by atoms with Crippen molar-refractivity contribution in [3.05, 3.63) is 29.7 Å². The van der Waals surface area contributed by atoms with Gasteiger partial charge in [0.1, 0.15) is 5.15 Å². The fraction of sp³-hybridized carbons (Fsp3) is 0.300. The van der Waals surface area contributed by atoms with E-state index in [9.17, 15) is 8.78 Å². The lowest BCUT2D eigenvalue weighted by molar-refractivity contribution is 0.00510. The number of fused-ring (bicyclic) bond motifs is 1. The molecule has 0 amide bonds. The molecule has 0 unspecified atom stereocenters. The molecule has 2 heterocycles. The van der Waals surface area contributed by atoms with Gasteiger partial charge in [-0.15, -0.1) is 0 Å². The molecule has 2 aromatic heterocycles. The summed E-state index contributed by atoms with van der Waals surface area (Å²) in [6, 6.07) is 3.36. The zero-order chi connectivity index (χ0) is 11.1. The first kappa shape index (κ1) is 10.4. The fourth-order valence-corrected chi connectivity index (χ4v) is 1.74. The zero-order valence-electron chi connectivity index (χ0n) is 8.04. The molecule has 0 aliphatic rings. The molecule has 2 aromatic rings. The summed E-state index contributed by atoms with van der Waals surface area (Å²) in [6.45, 7) is 0.540. The summed E-state index contributed by atoms with van der Waals surface area (Å²) < 4.78 is 27.2. The van der Waals surface area contributed by atoms with Crippen molar-refractivity contribution in [2.75, 3.05) is 0 Å². The maximum absolute atomic E-state index is 12.8. The summed E-state index contributed by atoms with van der Waals surface area (Å²) in [4.78, 5) is 3.88. The summed E-state index contributed by atoms with van der Waals surface area (Å²) in [5.41, 5.74) is 0.677. The van der Waals surface area contributed by atoms with Crippen LogP contribution in [-0.4, -0.2) is 15.5 Å². The molecule has 0 atom stereocenters. The smallest absolute Gasteiger partial charge is 0.262 e. The Hall–Kier alpha value is -1.16. The van der Waals surface area contributed by atoms with E-state index in [4.69, 9.17) is 11.6 Å². The average molecular weight is 231 g/mol. The first-order valence-electron chi connectivity index (χ1n) is 4.44. The van der Waals surface area contributed by atoms with Crippen LogP contribution in [-0.2, 0) is 6.54 Å². The van der Waals surface area contributed by atoms with Crippen LogP contribution in [0, 0.1) is 0 Å². The second-order valence-corrected chi connectivity index (χ2v) is 3.91. The largest absolute Gasteiger partial charge is 0.341 e. The Morgan fingerprint density at radius 1 is 1.47 bits per heavy atom. The average Bonchev–Trinajstić information content (AvgIpc) is 2.48. The summed E-state index contributed by atoms with van der Waals surface area (Å²) in [7, 11) is 0. The van der Waals surface area contributed by atoms with Crippen LogP contribution in [0.1, 0.15) is 6.92 Å². The van der Waals surface area contributed by atoms with Gasteiger partial charge in [-0.05, 0) is 12.1 Å². The maximum atomic E-state index is 12.8. The van der Waals surface area contributed by atoms with Crippen LogP contribution in [0.4, 0.5) is 8.78 Å². The van der Waals surface area contributed by atoms with Gasteiger partial charge in [-0.25, -0.2) is 13.8 Å². The minimum Gasteiger partial charge on any atom is -0.341 e. The quantitative estimate of drug-likeness (QED) is 0.724. The Morgan fingerprint density at radius 2 is 2.20 bits per heavy atom. The van der Waals surface area contributed by atoms with Gasteiger partial charge in [0.25, 0.3) is 5.92 Å². The van der Waals surface area contributed by atoms with E-state index in [0.717, 1.165) is 6.92 Å². The number of halogens is 3. The van der Waals surface area contributed by atoms with Crippen LogP contribution in [0.5, 0.6) is 0 Å². The second kappa shape index (κ2) is 3.45. The molecule has 5 heteroatoms. The predicted octanol–water partition coefficient (Wildman–Crippen LogP) is 3.34. The third-order valence-corrected chi connectivity index (χ3v) is 2.40. The molecule has 0 N–H and O–H groups in total. The number of nitrogens with zero attached hydrogens (tertiary/aromatic N) is 2. The molecule has 0 bridgehead atoms. The van der Waals surface area contributed by atoms with Crippen molar-refractivity contribution >= 4 is 22.5 Å². The van der Waals surface area contributed by atoms with Crippen molar-refractivity contribution in [1.82, 2.24) is 9.55 Å². The number of pyridine rings is 1. The van der Waals surface area contributed by atoms with Gasteiger partial charge in [-0.3, -0.25) is 0 Å². The fourth-order valence-electron chi connectivity index (χ4n) is 1.52. The monoisotopic (exact) mass is 230 g/mol. The van der Waals surface area contributed by atoms with Gasteiger partial charge in [-0.1, -0.05) is 11.6 Å². The van der Waals surface area contributed by atoms with E-state index in [1.54, 1.807) is 18.3 Å². The van der Waals surface area contributed by atoms with E-state index in [-0.39, 0.29) is 6.54 Å². The summed E-state index contributed by atoms with van der Waals surface area (Å²) >= 11 is 5.83. The first-order valence-corrected chi connectivity index (χ1v) is 4.82. The molecule has 0 saturated carbocycles. The summed E-state index contributed by atoms with van der Waals surface area (Å²) in [6.07, 6.45) is 3.10. The molecule has 0 aromatic carbocycles. The van der Waals surface area contributed by atoms with Crippen molar-refractivity contribution in [2.24, 2.45) is 0 Å². The highest BCUT2D eigenvalue weighted by atomic mass is 35.5. The Morgan fingerprint density at radius 3 is 2.87 bits per heavy atom. The third kappa shape index (κ3) is 2.09. The molecule has 0 fully saturated rings. The zero-order valence-corrected chi connectivity index (χ0v) is 8.80. The van der Waals surface area contributed by atoms with Crippen molar-refractivity contribution in [1.29, 1.82) is 0 Å². The standard InChI is InChI=1S/C10H9ClF2N2/c1-10(12,13)6-15-5-3-7-8(15)2-4-14-9(7)11/h2-5H,6H2,1H3. The van der Waals surface area contributed by atoms with Crippen LogP contribution in [0.15, 0.2) is 24.5 Å². The van der Waals surface area contributed by atoms with Crippen LogP contribution >= 0.6 is 11.6 Å². The van der Waals surface area contributed by atoms with E-state index >= 15 is 0 Å². The molecule has 0 spiro atoms. The van der Waals surface area contributed by atoms with Crippen LogP contribution in [0.25, 0.3) is 10.9 Å². The van der Waals surface area contributed by atoms with Crippen LogP contribution < -0.4 is 0 Å². The molecule has 80 valence electrons. The van der Waals surface area contributed by atoms with Gasteiger partial charge in [0.05, 0.1) is 12.1 Å². The van der Waals surface area contributed by atoms with Gasteiger partial charge in [0.2, 0.25) is 0 Å². The second-order valence-electron chi connectivity index (χ2n) is 3.55. The highest BCUT2D eigenvalue weighted by Gasteiger charge is 2.22. The number of hydrogen-bond acceptors (Lipinski definition) is 1. The number of aromatic nitrogens is 2. The Kier molecular flexibility index (Phi) is 2.38. The first-order chi connectivity index (χ1) is 6.97. The molecule has 0 radical (unpaired) electrons. The molecule has 0 aliphatic carbocycles. The molecule has 0 aliphatic heterocycles. The van der Waals surface area contributed by atoms with E-state index in [2.05, 4.69) is 4.98 Å². The molecule has 0 saturated heterocycles. The Labute approximate surface area is 90.5 Å². The van der Waals surface area contributed by atoms with Crippen molar-refractivity contribution < 1.29 is 8.78 Å². The summed E-state index contributed by atoms with van der Waals surface area (Å²) in [5.74, 6) is -2.73. The number of hydrogen-bond donors (Lipinski definition) is 0. The van der Waals surface area contributed by atoms with Crippen LogP contribution in [0.2, 0.25) is 5.15 Å². The maximum Gasteiger partial charge on any atom is 0.262 e. The molecule has 2 nitrogen and oxygen atoms in total. The van der Waals surface area contributed by atoms with Gasteiger partial charge in [0.15, 0.2) is 0 Å². The lowest BCUT2D eigenvalue weighted by atomic mass is 10.3. The van der Waals surface area contributed by atoms with Gasteiger partial charge >= 0.3 is 0 Å². The van der Waals surface area contributed by atoms with E-state index in [0.29, 0.717) is 16.1 Å². The molecular weight excluding hydrogens is 222 g/mol. The highest BCUT2D eigenvalue weighted by molar-refractivity contribution is 6.34. The number of rotatable bonds is 2. The molecule has 2 rings (SSSR count). The van der Waals surface area contributed by atoms with E-state index < -0.39 is 5.92 Å². The lowest BCUT2D eigenvalue weighted by Crippen LogP contribution is -2.18. The van der Waals surface area contributed by atoms with E-state index in [1.807, 2.05) is 0 Å². The van der Waals surface area contributed by atoms with Gasteiger partial charge in [0, 0.05) is 24.7 Å². The minimum absolute atomic E-state index is 0.339. The predicted molar refractivity (Wildman–Crippen MR) is 55.4 cm³/mol.